The molecule has 3 aliphatic heterocycles. The molecular formula is C30H34F7N5O3. The number of nitrogens with one attached hydrogen (secondary N) is 2. The second-order valence-electron chi connectivity index (χ2n) is 12.0. The summed E-state index contributed by atoms with van der Waals surface area (Å²) in [5.74, 6) is -6.39. The minimum Gasteiger partial charge on any atom is -0.446 e. The van der Waals surface area contributed by atoms with Gasteiger partial charge >= 0.3 is 12.3 Å². The van der Waals surface area contributed by atoms with Crippen molar-refractivity contribution in [2.75, 3.05) is 50.0 Å². The Balaban J connectivity index is 1.48. The fourth-order valence-electron chi connectivity index (χ4n) is 6.00. The molecule has 0 aromatic heterocycles. The van der Waals surface area contributed by atoms with Crippen molar-refractivity contribution in [3.63, 3.8) is 0 Å². The van der Waals surface area contributed by atoms with Gasteiger partial charge in [0, 0.05) is 69.9 Å². The second-order valence-corrected chi connectivity index (χ2v) is 12.0. The molecule has 1 aromatic carbocycles. The molecule has 0 bridgehead atoms. The Hall–Kier alpha value is -3.75. The second kappa shape index (κ2) is 12.2. The maximum absolute atomic E-state index is 16.5. The molecule has 3 heterocycles. The standard InChI is InChI=1S/C30H34F7N5O3/c1-16-13-42(14-17(2)40(16)3)23-9-22(31)24(18-5-4-8-41(15-18)28(44)45-19-10-29(33,34)11-19)25(32)26(23)39-27(43)20-12-38-7-6-21(20)30(35,36)37/h5-6,9,12,16-17,19,38H,4,7-8,10-11,13-15H2,1-3H3,(H,39,43)/t16-,17+. The van der Waals surface area contributed by atoms with Crippen molar-refractivity contribution in [1.29, 1.82) is 0 Å². The van der Waals surface area contributed by atoms with Gasteiger partial charge in [0.2, 0.25) is 0 Å². The van der Waals surface area contributed by atoms with Gasteiger partial charge in [0.1, 0.15) is 17.6 Å². The SMILES string of the molecule is C[C@@H]1CN(c2cc(F)c(C3=CCCN(C(=O)OC4CC(F)(F)C4)C3)c(F)c2NC(=O)C2=CNCC=C2C(F)(F)F)C[C@H](C)N1C. The third-order valence-corrected chi connectivity index (χ3v) is 8.70. The number of piperazine rings is 1. The van der Waals surface area contributed by atoms with Gasteiger partial charge in [0.15, 0.2) is 5.82 Å². The predicted octanol–water partition coefficient (Wildman–Crippen LogP) is 5.43. The van der Waals surface area contributed by atoms with Crippen molar-refractivity contribution in [1.82, 2.24) is 15.1 Å². The van der Waals surface area contributed by atoms with Crippen molar-refractivity contribution in [2.24, 2.45) is 0 Å². The van der Waals surface area contributed by atoms with Gasteiger partial charge in [-0.15, -0.1) is 0 Å². The summed E-state index contributed by atoms with van der Waals surface area (Å²) in [5, 5.41) is 4.85. The molecule has 0 unspecified atom stereocenters. The van der Waals surface area contributed by atoms with Crippen LogP contribution in [-0.2, 0) is 9.53 Å². The quantitative estimate of drug-likeness (QED) is 0.416. The first-order chi connectivity index (χ1) is 21.1. The van der Waals surface area contributed by atoms with E-state index in [-0.39, 0.29) is 49.4 Å². The van der Waals surface area contributed by atoms with E-state index in [4.69, 9.17) is 4.74 Å². The van der Waals surface area contributed by atoms with E-state index in [0.29, 0.717) is 13.1 Å². The van der Waals surface area contributed by atoms with Gasteiger partial charge < -0.3 is 25.2 Å². The van der Waals surface area contributed by atoms with E-state index in [9.17, 15) is 31.5 Å². The van der Waals surface area contributed by atoms with E-state index in [1.165, 1.54) is 6.08 Å². The average Bonchev–Trinajstić information content (AvgIpc) is 2.95. The highest BCUT2D eigenvalue weighted by atomic mass is 19.4. The van der Waals surface area contributed by atoms with Crippen LogP contribution in [0.5, 0.6) is 0 Å². The number of hydrogen-bond donors (Lipinski definition) is 2. The maximum Gasteiger partial charge on any atom is 0.416 e. The van der Waals surface area contributed by atoms with E-state index in [1.807, 2.05) is 20.9 Å². The average molecular weight is 646 g/mol. The van der Waals surface area contributed by atoms with Gasteiger partial charge in [-0.05, 0) is 32.9 Å². The molecule has 1 saturated heterocycles. The fourth-order valence-corrected chi connectivity index (χ4v) is 6.00. The number of benzene rings is 1. The number of ether oxygens (including phenoxy) is 1. The molecule has 1 aromatic rings. The smallest absolute Gasteiger partial charge is 0.416 e. The summed E-state index contributed by atoms with van der Waals surface area (Å²) in [6, 6.07) is 0.898. The topological polar surface area (TPSA) is 77.1 Å². The first kappa shape index (κ1) is 32.6. The molecule has 5 rings (SSSR count). The summed E-state index contributed by atoms with van der Waals surface area (Å²) < 4.78 is 105. The van der Waals surface area contributed by atoms with Crippen molar-refractivity contribution >= 4 is 28.9 Å². The molecule has 246 valence electrons. The Morgan fingerprint density at radius 2 is 1.76 bits per heavy atom. The van der Waals surface area contributed by atoms with Crippen molar-refractivity contribution in [2.45, 2.75) is 63.4 Å². The van der Waals surface area contributed by atoms with E-state index in [2.05, 4.69) is 15.5 Å². The van der Waals surface area contributed by atoms with Crippen LogP contribution >= 0.6 is 0 Å². The Morgan fingerprint density at radius 1 is 1.09 bits per heavy atom. The molecule has 2 atom stereocenters. The number of alkyl halides is 5. The number of amides is 2. The van der Waals surface area contributed by atoms with Crippen LogP contribution in [0.4, 0.5) is 46.9 Å². The van der Waals surface area contributed by atoms with Crippen molar-refractivity contribution in [3.05, 3.63) is 52.8 Å². The first-order valence-corrected chi connectivity index (χ1v) is 14.6. The van der Waals surface area contributed by atoms with Gasteiger partial charge in [-0.25, -0.2) is 22.4 Å². The lowest BCUT2D eigenvalue weighted by molar-refractivity contribution is -0.147. The van der Waals surface area contributed by atoms with Gasteiger partial charge in [0.25, 0.3) is 11.8 Å². The van der Waals surface area contributed by atoms with E-state index in [0.717, 1.165) is 23.2 Å². The maximum atomic E-state index is 16.5. The number of dihydropyridines is 1. The molecule has 2 fully saturated rings. The van der Waals surface area contributed by atoms with Crippen molar-refractivity contribution in [3.8, 4) is 0 Å². The van der Waals surface area contributed by atoms with Crippen LogP contribution in [0.25, 0.3) is 5.57 Å². The molecule has 1 saturated carbocycles. The largest absolute Gasteiger partial charge is 0.446 e. The van der Waals surface area contributed by atoms with Crippen LogP contribution in [0.2, 0.25) is 0 Å². The summed E-state index contributed by atoms with van der Waals surface area (Å²) in [6.45, 7) is 4.06. The Kier molecular flexibility index (Phi) is 8.86. The minimum absolute atomic E-state index is 0.0312. The Labute approximate surface area is 255 Å². The molecular weight excluding hydrogens is 611 g/mol. The third kappa shape index (κ3) is 6.77. The molecule has 0 spiro atoms. The third-order valence-electron chi connectivity index (χ3n) is 8.70. The van der Waals surface area contributed by atoms with Crippen LogP contribution in [0.3, 0.4) is 0 Å². The number of rotatable bonds is 5. The van der Waals surface area contributed by atoms with Crippen LogP contribution in [0.1, 0.15) is 38.7 Å². The molecule has 2 N–H and O–H groups in total. The zero-order chi connectivity index (χ0) is 32.8. The highest BCUT2D eigenvalue weighted by Crippen LogP contribution is 2.41. The van der Waals surface area contributed by atoms with Crippen molar-refractivity contribution < 1.29 is 45.1 Å². The van der Waals surface area contributed by atoms with E-state index < -0.39 is 77.1 Å². The summed E-state index contributed by atoms with van der Waals surface area (Å²) in [7, 11) is 1.90. The Bertz CT molecular complexity index is 1440. The molecule has 15 heteroatoms. The molecule has 1 aliphatic carbocycles. The monoisotopic (exact) mass is 645 g/mol. The molecule has 8 nitrogen and oxygen atoms in total. The number of carbonyl (C=O) groups excluding carboxylic acids is 2. The van der Waals surface area contributed by atoms with Crippen LogP contribution < -0.4 is 15.5 Å². The van der Waals surface area contributed by atoms with Crippen LogP contribution in [0.15, 0.2) is 35.6 Å². The number of anilines is 2. The fraction of sp³-hybridized carbons (Fsp3) is 0.533. The predicted molar refractivity (Wildman–Crippen MR) is 153 cm³/mol. The minimum atomic E-state index is -4.86. The summed E-state index contributed by atoms with van der Waals surface area (Å²) in [5.41, 5.74) is -3.06. The molecule has 4 aliphatic rings. The van der Waals surface area contributed by atoms with E-state index >= 15 is 8.78 Å². The highest BCUT2D eigenvalue weighted by molar-refractivity contribution is 6.09. The van der Waals surface area contributed by atoms with Gasteiger partial charge in [-0.1, -0.05) is 12.2 Å². The lowest BCUT2D eigenvalue weighted by atomic mass is 9.91. The molecule has 45 heavy (non-hydrogen) atoms. The van der Waals surface area contributed by atoms with E-state index in [1.54, 1.807) is 4.90 Å². The summed E-state index contributed by atoms with van der Waals surface area (Å²) in [6.07, 6.45) is -4.58. The van der Waals surface area contributed by atoms with Gasteiger partial charge in [-0.2, -0.15) is 13.2 Å². The lowest BCUT2D eigenvalue weighted by Crippen LogP contribution is -2.55. The summed E-state index contributed by atoms with van der Waals surface area (Å²) >= 11 is 0. The molecule has 2 amide bonds. The number of hydrogen-bond acceptors (Lipinski definition) is 6. The lowest BCUT2D eigenvalue weighted by Gasteiger charge is -2.44. The number of nitrogens with zero attached hydrogens (tertiary/aromatic N) is 3. The number of likely N-dealkylation sites (N-methyl/N-ethyl adjacent to an activating group) is 1. The first-order valence-electron chi connectivity index (χ1n) is 14.6. The van der Waals surface area contributed by atoms with Gasteiger partial charge in [0.05, 0.1) is 22.4 Å². The van der Waals surface area contributed by atoms with Crippen LogP contribution in [0, 0.1) is 11.6 Å². The number of halogens is 7. The zero-order valence-electron chi connectivity index (χ0n) is 24.9. The van der Waals surface area contributed by atoms with Crippen LogP contribution in [-0.4, -0.2) is 91.9 Å². The Morgan fingerprint density at radius 3 is 2.38 bits per heavy atom. The normalized spacial score (nSPS) is 24.2. The summed E-state index contributed by atoms with van der Waals surface area (Å²) in [4.78, 5) is 30.9. The number of carbonyl (C=O) groups is 2. The van der Waals surface area contributed by atoms with Gasteiger partial charge in [-0.3, -0.25) is 9.69 Å². The zero-order valence-corrected chi connectivity index (χ0v) is 24.9. The molecule has 0 radical (unpaired) electrons. The highest BCUT2D eigenvalue weighted by Gasteiger charge is 2.48.